The summed E-state index contributed by atoms with van der Waals surface area (Å²) in [5, 5.41) is 20.6. The molecule has 1 aromatic heterocycles. The van der Waals surface area contributed by atoms with E-state index in [9.17, 15) is 10.1 Å². The van der Waals surface area contributed by atoms with E-state index in [0.29, 0.717) is 6.54 Å². The highest BCUT2D eigenvalue weighted by Gasteiger charge is 2.13. The van der Waals surface area contributed by atoms with Crippen LogP contribution in [0.4, 0.5) is 5.69 Å². The summed E-state index contributed by atoms with van der Waals surface area (Å²) in [5.41, 5.74) is 1.01. The van der Waals surface area contributed by atoms with Crippen LogP contribution in [0.2, 0.25) is 0 Å². The van der Waals surface area contributed by atoms with Gasteiger partial charge in [-0.05, 0) is 12.0 Å². The smallest absolute Gasteiger partial charge is 0.269 e. The van der Waals surface area contributed by atoms with Crippen LogP contribution in [0.1, 0.15) is 30.8 Å². The standard InChI is InChI=1S/C12H15N5O2/c1-2-11(13-7-12-14-8-15-16-12)9-4-3-5-10(6-9)17(18)19/h3-6,8,11,13H,2,7H2,1H3,(H,14,15,16). The van der Waals surface area contributed by atoms with Gasteiger partial charge >= 0.3 is 0 Å². The van der Waals surface area contributed by atoms with Crippen molar-refractivity contribution in [3.05, 3.63) is 52.1 Å². The highest BCUT2D eigenvalue weighted by Crippen LogP contribution is 2.21. The number of nitro benzene ring substituents is 1. The fraction of sp³-hybridized carbons (Fsp3) is 0.333. The Labute approximate surface area is 110 Å². The number of aromatic nitrogens is 3. The third kappa shape index (κ3) is 3.35. The molecule has 2 rings (SSSR count). The van der Waals surface area contributed by atoms with E-state index in [-0.39, 0.29) is 16.7 Å². The third-order valence-electron chi connectivity index (χ3n) is 2.87. The summed E-state index contributed by atoms with van der Waals surface area (Å²) in [6, 6.07) is 6.72. The Bertz CT molecular complexity index is 541. The first-order chi connectivity index (χ1) is 9.20. The van der Waals surface area contributed by atoms with Crippen molar-refractivity contribution >= 4 is 5.69 Å². The van der Waals surface area contributed by atoms with Crippen LogP contribution in [-0.4, -0.2) is 20.1 Å². The number of aromatic amines is 1. The summed E-state index contributed by atoms with van der Waals surface area (Å²) in [6.45, 7) is 2.57. The number of nitro groups is 1. The average molecular weight is 261 g/mol. The van der Waals surface area contributed by atoms with Crippen molar-refractivity contribution in [1.29, 1.82) is 0 Å². The van der Waals surface area contributed by atoms with E-state index >= 15 is 0 Å². The van der Waals surface area contributed by atoms with Crippen LogP contribution < -0.4 is 5.32 Å². The van der Waals surface area contributed by atoms with E-state index in [1.807, 2.05) is 13.0 Å². The lowest BCUT2D eigenvalue weighted by atomic mass is 10.0. The second-order valence-corrected chi connectivity index (χ2v) is 4.13. The summed E-state index contributed by atoms with van der Waals surface area (Å²) < 4.78 is 0. The lowest BCUT2D eigenvalue weighted by Gasteiger charge is -2.16. The van der Waals surface area contributed by atoms with Gasteiger partial charge in [0.25, 0.3) is 5.69 Å². The second-order valence-electron chi connectivity index (χ2n) is 4.13. The number of hydrogen-bond acceptors (Lipinski definition) is 5. The van der Waals surface area contributed by atoms with E-state index < -0.39 is 0 Å². The Morgan fingerprint density at radius 3 is 3.00 bits per heavy atom. The Kier molecular flexibility index (Phi) is 4.19. The molecule has 2 N–H and O–H groups in total. The van der Waals surface area contributed by atoms with Gasteiger partial charge in [-0.3, -0.25) is 15.2 Å². The first-order valence-electron chi connectivity index (χ1n) is 6.02. The van der Waals surface area contributed by atoms with Crippen LogP contribution >= 0.6 is 0 Å². The van der Waals surface area contributed by atoms with Gasteiger partial charge in [-0.15, -0.1) is 0 Å². The maximum atomic E-state index is 10.8. The Hall–Kier alpha value is -2.28. The number of non-ortho nitro benzene ring substituents is 1. The predicted molar refractivity (Wildman–Crippen MR) is 69.4 cm³/mol. The number of rotatable bonds is 6. The molecule has 1 heterocycles. The molecule has 0 bridgehead atoms. The van der Waals surface area contributed by atoms with Gasteiger partial charge in [-0.25, -0.2) is 4.98 Å². The fourth-order valence-electron chi connectivity index (χ4n) is 1.89. The lowest BCUT2D eigenvalue weighted by molar-refractivity contribution is -0.384. The minimum atomic E-state index is -0.382. The molecule has 1 unspecified atom stereocenters. The molecule has 0 saturated carbocycles. The van der Waals surface area contributed by atoms with Crippen LogP contribution in [0.25, 0.3) is 0 Å². The number of nitrogens with one attached hydrogen (secondary N) is 2. The zero-order valence-corrected chi connectivity index (χ0v) is 10.5. The van der Waals surface area contributed by atoms with Crippen LogP contribution in [0.5, 0.6) is 0 Å². The normalized spacial score (nSPS) is 12.3. The lowest BCUT2D eigenvalue weighted by Crippen LogP contribution is -2.21. The van der Waals surface area contributed by atoms with Crippen molar-refractivity contribution in [2.45, 2.75) is 25.9 Å². The minimum absolute atomic E-state index is 0.0463. The molecule has 0 aliphatic rings. The topological polar surface area (TPSA) is 96.7 Å². The molecule has 0 aliphatic heterocycles. The minimum Gasteiger partial charge on any atom is -0.303 e. The summed E-state index contributed by atoms with van der Waals surface area (Å²) >= 11 is 0. The molecule has 0 saturated heterocycles. The van der Waals surface area contributed by atoms with E-state index in [4.69, 9.17) is 0 Å². The first kappa shape index (κ1) is 13.2. The Morgan fingerprint density at radius 1 is 1.53 bits per heavy atom. The number of hydrogen-bond donors (Lipinski definition) is 2. The molecule has 100 valence electrons. The summed E-state index contributed by atoms with van der Waals surface area (Å²) in [6.07, 6.45) is 2.28. The number of H-pyrrole nitrogens is 1. The van der Waals surface area contributed by atoms with Crippen molar-refractivity contribution in [2.24, 2.45) is 0 Å². The molecular weight excluding hydrogens is 246 g/mol. The van der Waals surface area contributed by atoms with Gasteiger partial charge in [0.05, 0.1) is 11.5 Å². The van der Waals surface area contributed by atoms with E-state index in [1.165, 1.54) is 12.4 Å². The summed E-state index contributed by atoms with van der Waals surface area (Å²) in [7, 11) is 0. The Balaban J connectivity index is 2.08. The van der Waals surface area contributed by atoms with Gasteiger partial charge in [0.1, 0.15) is 12.2 Å². The maximum Gasteiger partial charge on any atom is 0.269 e. The number of nitrogens with zero attached hydrogens (tertiary/aromatic N) is 3. The van der Waals surface area contributed by atoms with Crippen molar-refractivity contribution in [3.63, 3.8) is 0 Å². The molecule has 7 nitrogen and oxygen atoms in total. The van der Waals surface area contributed by atoms with E-state index in [0.717, 1.165) is 17.8 Å². The first-order valence-corrected chi connectivity index (χ1v) is 6.02. The van der Waals surface area contributed by atoms with Crippen molar-refractivity contribution in [2.75, 3.05) is 0 Å². The molecule has 19 heavy (non-hydrogen) atoms. The monoisotopic (exact) mass is 261 g/mol. The largest absolute Gasteiger partial charge is 0.303 e. The van der Waals surface area contributed by atoms with Gasteiger partial charge in [-0.1, -0.05) is 19.1 Å². The highest BCUT2D eigenvalue weighted by atomic mass is 16.6. The predicted octanol–water partition coefficient (Wildman–Crippen LogP) is 1.95. The molecule has 0 amide bonds. The zero-order valence-electron chi connectivity index (χ0n) is 10.5. The average Bonchev–Trinajstić information content (AvgIpc) is 2.93. The van der Waals surface area contributed by atoms with Gasteiger partial charge in [0.2, 0.25) is 0 Å². The highest BCUT2D eigenvalue weighted by molar-refractivity contribution is 5.35. The molecule has 0 aliphatic carbocycles. The van der Waals surface area contributed by atoms with Crippen LogP contribution in [0.3, 0.4) is 0 Å². The van der Waals surface area contributed by atoms with Gasteiger partial charge in [0.15, 0.2) is 0 Å². The van der Waals surface area contributed by atoms with E-state index in [2.05, 4.69) is 20.5 Å². The van der Waals surface area contributed by atoms with Crippen LogP contribution in [-0.2, 0) is 6.54 Å². The molecule has 0 radical (unpaired) electrons. The SMILES string of the molecule is CCC(NCc1ncn[nH]1)c1cccc([N+](=O)[O-])c1. The van der Waals surface area contributed by atoms with Crippen LogP contribution in [0.15, 0.2) is 30.6 Å². The van der Waals surface area contributed by atoms with Gasteiger partial charge in [-0.2, -0.15) is 5.10 Å². The Morgan fingerprint density at radius 2 is 2.37 bits per heavy atom. The molecule has 1 atom stereocenters. The second kappa shape index (κ2) is 6.05. The van der Waals surface area contributed by atoms with Gasteiger partial charge < -0.3 is 5.32 Å². The molecule has 0 spiro atoms. The molecule has 0 fully saturated rings. The third-order valence-corrected chi connectivity index (χ3v) is 2.87. The summed E-state index contributed by atoms with van der Waals surface area (Å²) in [4.78, 5) is 14.4. The number of benzene rings is 1. The van der Waals surface area contributed by atoms with Crippen molar-refractivity contribution in [3.8, 4) is 0 Å². The fourth-order valence-corrected chi connectivity index (χ4v) is 1.89. The van der Waals surface area contributed by atoms with Crippen molar-refractivity contribution in [1.82, 2.24) is 20.5 Å². The zero-order chi connectivity index (χ0) is 13.7. The maximum absolute atomic E-state index is 10.8. The molecule has 7 heteroatoms. The van der Waals surface area contributed by atoms with Gasteiger partial charge in [0, 0.05) is 18.2 Å². The van der Waals surface area contributed by atoms with Crippen LogP contribution in [0, 0.1) is 10.1 Å². The molecule has 2 aromatic rings. The summed E-state index contributed by atoms with van der Waals surface area (Å²) in [5.74, 6) is 0.740. The van der Waals surface area contributed by atoms with E-state index in [1.54, 1.807) is 12.1 Å². The molecular formula is C12H15N5O2. The quantitative estimate of drug-likeness (QED) is 0.612. The molecule has 1 aromatic carbocycles. The van der Waals surface area contributed by atoms with Crippen molar-refractivity contribution < 1.29 is 4.92 Å².